The maximum atomic E-state index is 12.9. The van der Waals surface area contributed by atoms with Gasteiger partial charge in [0.1, 0.15) is 23.1 Å². The molecule has 2 amide bonds. The van der Waals surface area contributed by atoms with E-state index in [-0.39, 0.29) is 12.3 Å². The summed E-state index contributed by atoms with van der Waals surface area (Å²) < 4.78 is 28.8. The number of halogens is 1. The number of carbonyl (C=O) groups excluding carboxylic acids is 2. The second kappa shape index (κ2) is 10.8. The van der Waals surface area contributed by atoms with Crippen molar-refractivity contribution in [1.82, 2.24) is 10.9 Å². The van der Waals surface area contributed by atoms with E-state index >= 15 is 0 Å². The van der Waals surface area contributed by atoms with E-state index in [1.807, 2.05) is 0 Å². The van der Waals surface area contributed by atoms with Crippen LogP contribution >= 0.6 is 0 Å². The summed E-state index contributed by atoms with van der Waals surface area (Å²) in [4.78, 5) is 23.7. The fraction of sp³-hybridized carbons (Fsp3) is 0.300. The molecule has 0 bridgehead atoms. The van der Waals surface area contributed by atoms with Crippen molar-refractivity contribution in [2.45, 2.75) is 25.9 Å². The molecule has 0 unspecified atom stereocenters. The van der Waals surface area contributed by atoms with E-state index in [1.165, 1.54) is 31.2 Å². The maximum Gasteiger partial charge on any atom is 0.279 e. The van der Waals surface area contributed by atoms with Crippen molar-refractivity contribution in [3.63, 3.8) is 0 Å². The smallest absolute Gasteiger partial charge is 0.279 e. The highest BCUT2D eigenvalue weighted by atomic mass is 19.1. The van der Waals surface area contributed by atoms with Gasteiger partial charge in [0.05, 0.1) is 13.7 Å². The molecule has 2 aromatic carbocycles. The molecule has 2 N–H and O–H groups in total. The lowest BCUT2D eigenvalue weighted by atomic mass is 10.3. The van der Waals surface area contributed by atoms with Gasteiger partial charge in [-0.15, -0.1) is 0 Å². The first-order chi connectivity index (χ1) is 13.5. The van der Waals surface area contributed by atoms with Gasteiger partial charge in [-0.1, -0.05) is 0 Å². The number of rotatable bonds is 9. The molecule has 0 heterocycles. The van der Waals surface area contributed by atoms with E-state index in [4.69, 9.17) is 14.2 Å². The van der Waals surface area contributed by atoms with Gasteiger partial charge in [0.15, 0.2) is 6.10 Å². The molecule has 1 atom stereocenters. The van der Waals surface area contributed by atoms with Gasteiger partial charge in [-0.3, -0.25) is 20.4 Å². The average molecular weight is 390 g/mol. The van der Waals surface area contributed by atoms with Gasteiger partial charge >= 0.3 is 0 Å². The van der Waals surface area contributed by atoms with E-state index in [2.05, 4.69) is 10.9 Å². The van der Waals surface area contributed by atoms with Gasteiger partial charge in [0, 0.05) is 6.42 Å². The number of benzene rings is 2. The van der Waals surface area contributed by atoms with Crippen molar-refractivity contribution in [3.05, 3.63) is 54.3 Å². The van der Waals surface area contributed by atoms with E-state index in [9.17, 15) is 14.0 Å². The van der Waals surface area contributed by atoms with Crippen LogP contribution in [0.25, 0.3) is 0 Å². The third-order valence-corrected chi connectivity index (χ3v) is 3.70. The highest BCUT2D eigenvalue weighted by molar-refractivity contribution is 5.84. The Morgan fingerprint density at radius 1 is 0.964 bits per heavy atom. The van der Waals surface area contributed by atoms with Crippen LogP contribution in [0.2, 0.25) is 0 Å². The van der Waals surface area contributed by atoms with Crippen molar-refractivity contribution >= 4 is 11.8 Å². The molecule has 0 saturated carbocycles. The van der Waals surface area contributed by atoms with Crippen LogP contribution in [0, 0.1) is 5.82 Å². The summed E-state index contributed by atoms with van der Waals surface area (Å²) >= 11 is 0. The molecule has 8 heteroatoms. The van der Waals surface area contributed by atoms with Crippen molar-refractivity contribution in [1.29, 1.82) is 0 Å². The maximum absolute atomic E-state index is 12.9. The first kappa shape index (κ1) is 21.0. The Hall–Kier alpha value is -3.29. The highest BCUT2D eigenvalue weighted by Crippen LogP contribution is 2.17. The van der Waals surface area contributed by atoms with Crippen molar-refractivity contribution in [2.24, 2.45) is 0 Å². The van der Waals surface area contributed by atoms with Crippen LogP contribution in [-0.2, 0) is 9.59 Å². The molecule has 0 aromatic heterocycles. The molecule has 0 aliphatic heterocycles. The number of methoxy groups -OCH3 is 1. The van der Waals surface area contributed by atoms with Crippen molar-refractivity contribution in [3.8, 4) is 17.2 Å². The lowest BCUT2D eigenvalue weighted by molar-refractivity contribution is -0.132. The topological polar surface area (TPSA) is 85.9 Å². The Balaban J connectivity index is 1.61. The predicted octanol–water partition coefficient (Wildman–Crippen LogP) is 2.61. The third-order valence-electron chi connectivity index (χ3n) is 3.70. The van der Waals surface area contributed by atoms with Gasteiger partial charge < -0.3 is 14.2 Å². The second-order valence-electron chi connectivity index (χ2n) is 5.88. The Morgan fingerprint density at radius 2 is 1.57 bits per heavy atom. The molecule has 0 radical (unpaired) electrons. The average Bonchev–Trinajstić information content (AvgIpc) is 2.71. The SMILES string of the molecule is COc1ccc(OCCCC(=O)NNC(=O)[C@@H](C)Oc2ccc(F)cc2)cc1. The molecule has 0 aliphatic rings. The van der Waals surface area contributed by atoms with Gasteiger partial charge in [0.25, 0.3) is 5.91 Å². The zero-order valence-corrected chi connectivity index (χ0v) is 15.7. The number of carbonyl (C=O) groups is 2. The first-order valence-electron chi connectivity index (χ1n) is 8.75. The molecule has 0 saturated heterocycles. The number of hydrazine groups is 1. The van der Waals surface area contributed by atoms with Gasteiger partial charge in [-0.2, -0.15) is 0 Å². The lowest BCUT2D eigenvalue weighted by Gasteiger charge is -2.15. The minimum atomic E-state index is -0.857. The molecule has 7 nitrogen and oxygen atoms in total. The zero-order valence-electron chi connectivity index (χ0n) is 15.7. The monoisotopic (exact) mass is 390 g/mol. The summed E-state index contributed by atoms with van der Waals surface area (Å²) in [7, 11) is 1.59. The van der Waals surface area contributed by atoms with E-state index in [0.29, 0.717) is 24.5 Å². The van der Waals surface area contributed by atoms with Crippen molar-refractivity contribution in [2.75, 3.05) is 13.7 Å². The Labute approximate surface area is 162 Å². The van der Waals surface area contributed by atoms with Gasteiger partial charge in [-0.25, -0.2) is 4.39 Å². The quantitative estimate of drug-likeness (QED) is 0.508. The van der Waals surface area contributed by atoms with Crippen molar-refractivity contribution < 1.29 is 28.2 Å². The van der Waals surface area contributed by atoms with Gasteiger partial charge in [0.2, 0.25) is 5.91 Å². The molecular formula is C20H23FN2O5. The molecular weight excluding hydrogens is 367 g/mol. The molecule has 2 rings (SSSR count). The van der Waals surface area contributed by atoms with Crippen LogP contribution in [0.5, 0.6) is 17.2 Å². The predicted molar refractivity (Wildman–Crippen MR) is 100 cm³/mol. The van der Waals surface area contributed by atoms with E-state index in [1.54, 1.807) is 31.4 Å². The molecule has 0 fully saturated rings. The third kappa shape index (κ3) is 7.14. The number of hydrogen-bond donors (Lipinski definition) is 2. The van der Waals surface area contributed by atoms with E-state index in [0.717, 1.165) is 5.75 Å². The summed E-state index contributed by atoms with van der Waals surface area (Å²) in [5, 5.41) is 0. The molecule has 150 valence electrons. The van der Waals surface area contributed by atoms with Crippen LogP contribution in [0.15, 0.2) is 48.5 Å². The number of amides is 2. The summed E-state index contributed by atoms with van der Waals surface area (Å²) in [5.74, 6) is 0.507. The zero-order chi connectivity index (χ0) is 20.4. The lowest BCUT2D eigenvalue weighted by Crippen LogP contribution is -2.47. The molecule has 2 aromatic rings. The number of hydrogen-bond acceptors (Lipinski definition) is 5. The summed E-state index contributed by atoms with van der Waals surface area (Å²) in [6.07, 6.45) is -0.192. The fourth-order valence-corrected chi connectivity index (χ4v) is 2.16. The number of nitrogens with one attached hydrogen (secondary N) is 2. The second-order valence-corrected chi connectivity index (χ2v) is 5.88. The normalized spacial score (nSPS) is 11.2. The molecule has 28 heavy (non-hydrogen) atoms. The van der Waals surface area contributed by atoms with Crippen LogP contribution in [-0.4, -0.2) is 31.6 Å². The Kier molecular flexibility index (Phi) is 8.08. The van der Waals surface area contributed by atoms with Crippen LogP contribution in [0.4, 0.5) is 4.39 Å². The Bertz CT molecular complexity index is 765. The van der Waals surface area contributed by atoms with Gasteiger partial charge in [-0.05, 0) is 61.9 Å². The minimum Gasteiger partial charge on any atom is -0.497 e. The fourth-order valence-electron chi connectivity index (χ4n) is 2.16. The first-order valence-corrected chi connectivity index (χ1v) is 8.75. The number of ether oxygens (including phenoxy) is 3. The summed E-state index contributed by atoms with van der Waals surface area (Å²) in [6, 6.07) is 12.4. The standard InChI is InChI=1S/C20H23FN2O5/c1-14(28-18-7-5-15(21)6-8-18)20(25)23-22-19(24)4-3-13-27-17-11-9-16(26-2)10-12-17/h5-12,14H,3-4,13H2,1-2H3,(H,22,24)(H,23,25)/t14-/m1/s1. The van der Waals surface area contributed by atoms with Crippen LogP contribution in [0.3, 0.4) is 0 Å². The highest BCUT2D eigenvalue weighted by Gasteiger charge is 2.15. The molecule has 0 aliphatic carbocycles. The van der Waals surface area contributed by atoms with Crippen LogP contribution in [0.1, 0.15) is 19.8 Å². The van der Waals surface area contributed by atoms with Crippen LogP contribution < -0.4 is 25.1 Å². The largest absolute Gasteiger partial charge is 0.497 e. The molecule has 0 spiro atoms. The minimum absolute atomic E-state index is 0.184. The summed E-state index contributed by atoms with van der Waals surface area (Å²) in [5.41, 5.74) is 4.61. The van der Waals surface area contributed by atoms with E-state index < -0.39 is 17.8 Å². The summed E-state index contributed by atoms with van der Waals surface area (Å²) in [6.45, 7) is 1.88. The Morgan fingerprint density at radius 3 is 2.21 bits per heavy atom.